The second-order valence-electron chi connectivity index (χ2n) is 7.85. The number of anilines is 1. The third-order valence-electron chi connectivity index (χ3n) is 5.93. The van der Waals surface area contributed by atoms with Crippen LogP contribution in [0.3, 0.4) is 0 Å². The lowest BCUT2D eigenvalue weighted by atomic mass is 9.89. The number of carbonyl (C=O) groups is 2. The van der Waals surface area contributed by atoms with E-state index in [1.807, 2.05) is 6.20 Å². The van der Waals surface area contributed by atoms with E-state index in [-0.39, 0.29) is 0 Å². The molecule has 0 unspecified atom stereocenters. The molecule has 1 aliphatic carbocycles. The molecule has 0 bridgehead atoms. The molecule has 0 radical (unpaired) electrons. The molecule has 1 aromatic rings. The number of aromatic nitrogens is 2. The highest BCUT2D eigenvalue weighted by Gasteiger charge is 2.41. The fraction of sp³-hybridized carbons (Fsp3) is 0.684. The minimum absolute atomic E-state index is 0.316. The van der Waals surface area contributed by atoms with Crippen LogP contribution in [0.25, 0.3) is 0 Å². The van der Waals surface area contributed by atoms with Crippen LogP contribution < -0.4 is 4.90 Å². The molecule has 7 nitrogen and oxygen atoms in total. The maximum atomic E-state index is 12.6. The topological polar surface area (TPSA) is 86.6 Å². The molecule has 1 amide bonds. The molecule has 2 aliphatic heterocycles. The Bertz CT molecular complexity index is 710. The van der Waals surface area contributed by atoms with Gasteiger partial charge in [0.25, 0.3) is 0 Å². The van der Waals surface area contributed by atoms with Crippen molar-refractivity contribution in [3.8, 4) is 0 Å². The SMILES string of the molecule is O=C(C1CCCC1)N1C[C@@H]2CCN(c3cnccn3)C[C@@H]2C1.O=C(O)C(F)(F)F. The van der Waals surface area contributed by atoms with Gasteiger partial charge in [0.15, 0.2) is 0 Å². The highest BCUT2D eigenvalue weighted by molar-refractivity contribution is 5.79. The van der Waals surface area contributed by atoms with Crippen LogP contribution in [0.15, 0.2) is 18.6 Å². The summed E-state index contributed by atoms with van der Waals surface area (Å²) in [6.07, 6.45) is 6.08. The monoisotopic (exact) mass is 414 g/mol. The number of carboxylic acids is 1. The highest BCUT2D eigenvalue weighted by Crippen LogP contribution is 2.35. The van der Waals surface area contributed by atoms with E-state index < -0.39 is 12.1 Å². The zero-order chi connectivity index (χ0) is 21.0. The van der Waals surface area contributed by atoms with Gasteiger partial charge in [-0.3, -0.25) is 9.78 Å². The number of piperidine rings is 1. The van der Waals surface area contributed by atoms with Gasteiger partial charge >= 0.3 is 12.1 Å². The molecular weight excluding hydrogens is 389 g/mol. The minimum Gasteiger partial charge on any atom is -0.475 e. The first-order chi connectivity index (χ1) is 13.8. The van der Waals surface area contributed by atoms with Crippen molar-refractivity contribution >= 4 is 17.7 Å². The first-order valence-corrected chi connectivity index (χ1v) is 9.85. The van der Waals surface area contributed by atoms with Gasteiger partial charge in [0.2, 0.25) is 5.91 Å². The Kier molecular flexibility index (Phi) is 6.59. The number of carbonyl (C=O) groups excluding carboxylic acids is 1. The summed E-state index contributed by atoms with van der Waals surface area (Å²) in [5, 5.41) is 7.12. The second kappa shape index (κ2) is 8.96. The van der Waals surface area contributed by atoms with Crippen molar-refractivity contribution in [2.24, 2.45) is 17.8 Å². The summed E-state index contributed by atoms with van der Waals surface area (Å²) >= 11 is 0. The lowest BCUT2D eigenvalue weighted by Gasteiger charge is -2.34. The first-order valence-electron chi connectivity index (χ1n) is 9.85. The summed E-state index contributed by atoms with van der Waals surface area (Å²) in [5.74, 6) is 0.239. The number of hydrogen-bond donors (Lipinski definition) is 1. The summed E-state index contributed by atoms with van der Waals surface area (Å²) in [7, 11) is 0. The molecule has 3 fully saturated rings. The van der Waals surface area contributed by atoms with Crippen molar-refractivity contribution in [3.63, 3.8) is 0 Å². The van der Waals surface area contributed by atoms with Crippen LogP contribution in [0.1, 0.15) is 32.1 Å². The normalized spacial score (nSPS) is 24.7. The fourth-order valence-electron chi connectivity index (χ4n) is 4.44. The number of halogens is 3. The van der Waals surface area contributed by atoms with E-state index in [2.05, 4.69) is 19.8 Å². The van der Waals surface area contributed by atoms with Crippen molar-refractivity contribution in [1.29, 1.82) is 0 Å². The van der Waals surface area contributed by atoms with E-state index >= 15 is 0 Å². The average Bonchev–Trinajstić information content (AvgIpc) is 3.37. The standard InChI is InChI=1S/C17H24N4O.C2HF3O2/c22-17(13-3-1-2-4-13)21-10-14-5-8-20(11-15(14)12-21)16-9-18-6-7-19-16;3-2(4,5)1(6)7/h6-7,9,13-15H,1-5,8,10-12H2;(H,6,7)/t14-,15+;/m0./s1. The third kappa shape index (κ3) is 5.36. The number of nitrogens with zero attached hydrogens (tertiary/aromatic N) is 4. The smallest absolute Gasteiger partial charge is 0.475 e. The number of likely N-dealkylation sites (tertiary alicyclic amines) is 1. The van der Waals surface area contributed by atoms with Gasteiger partial charge in [0.1, 0.15) is 5.82 Å². The van der Waals surface area contributed by atoms with Crippen molar-refractivity contribution in [3.05, 3.63) is 18.6 Å². The molecule has 29 heavy (non-hydrogen) atoms. The van der Waals surface area contributed by atoms with Crippen LogP contribution in [0.2, 0.25) is 0 Å². The number of rotatable bonds is 2. The third-order valence-corrected chi connectivity index (χ3v) is 5.93. The molecule has 1 saturated carbocycles. The average molecular weight is 414 g/mol. The number of aliphatic carboxylic acids is 1. The summed E-state index contributed by atoms with van der Waals surface area (Å²) in [4.78, 5) is 34.6. The number of amides is 1. The number of hydrogen-bond acceptors (Lipinski definition) is 5. The Morgan fingerprint density at radius 2 is 1.69 bits per heavy atom. The van der Waals surface area contributed by atoms with Crippen LogP contribution >= 0.6 is 0 Å². The highest BCUT2D eigenvalue weighted by atomic mass is 19.4. The van der Waals surface area contributed by atoms with Crippen LogP contribution in [-0.4, -0.2) is 64.2 Å². The maximum absolute atomic E-state index is 12.6. The van der Waals surface area contributed by atoms with Crippen molar-refractivity contribution in [1.82, 2.24) is 14.9 Å². The molecule has 3 aliphatic rings. The van der Waals surface area contributed by atoms with Crippen molar-refractivity contribution in [2.45, 2.75) is 38.3 Å². The molecule has 3 heterocycles. The molecular formula is C19H25F3N4O3. The lowest BCUT2D eigenvalue weighted by Crippen LogP contribution is -2.40. The van der Waals surface area contributed by atoms with E-state index in [9.17, 15) is 18.0 Å². The number of alkyl halides is 3. The maximum Gasteiger partial charge on any atom is 0.490 e. The van der Waals surface area contributed by atoms with Gasteiger partial charge in [0, 0.05) is 44.5 Å². The quantitative estimate of drug-likeness (QED) is 0.801. The molecule has 10 heteroatoms. The molecule has 0 spiro atoms. The van der Waals surface area contributed by atoms with E-state index in [4.69, 9.17) is 9.90 Å². The summed E-state index contributed by atoms with van der Waals surface area (Å²) < 4.78 is 31.7. The Labute approximate surface area is 166 Å². The molecule has 2 atom stereocenters. The zero-order valence-electron chi connectivity index (χ0n) is 16.0. The van der Waals surface area contributed by atoms with E-state index in [1.54, 1.807) is 12.4 Å². The number of fused-ring (bicyclic) bond motifs is 1. The lowest BCUT2D eigenvalue weighted by molar-refractivity contribution is -0.192. The Morgan fingerprint density at radius 1 is 1.03 bits per heavy atom. The Morgan fingerprint density at radius 3 is 2.28 bits per heavy atom. The van der Waals surface area contributed by atoms with Gasteiger partial charge in [-0.25, -0.2) is 9.78 Å². The van der Waals surface area contributed by atoms with Gasteiger partial charge in [-0.1, -0.05) is 12.8 Å². The van der Waals surface area contributed by atoms with Crippen LogP contribution in [-0.2, 0) is 9.59 Å². The molecule has 1 N–H and O–H groups in total. The van der Waals surface area contributed by atoms with Crippen molar-refractivity contribution < 1.29 is 27.9 Å². The number of carboxylic acid groups (broad SMARTS) is 1. The van der Waals surface area contributed by atoms with Gasteiger partial charge in [-0.05, 0) is 31.1 Å². The van der Waals surface area contributed by atoms with E-state index in [1.165, 1.54) is 12.8 Å². The Hall–Kier alpha value is -2.39. The van der Waals surface area contributed by atoms with Gasteiger partial charge in [-0.2, -0.15) is 13.2 Å². The predicted octanol–water partition coefficient (Wildman–Crippen LogP) is 2.58. The van der Waals surface area contributed by atoms with Crippen molar-refractivity contribution in [2.75, 3.05) is 31.1 Å². The summed E-state index contributed by atoms with van der Waals surface area (Å²) in [6, 6.07) is 0. The second-order valence-corrected chi connectivity index (χ2v) is 7.85. The van der Waals surface area contributed by atoms with Gasteiger partial charge in [-0.15, -0.1) is 0 Å². The summed E-state index contributed by atoms with van der Waals surface area (Å²) in [5.41, 5.74) is 0. The van der Waals surface area contributed by atoms with E-state index in [0.717, 1.165) is 51.3 Å². The van der Waals surface area contributed by atoms with Crippen LogP contribution in [0.5, 0.6) is 0 Å². The molecule has 4 rings (SSSR count). The van der Waals surface area contributed by atoms with Crippen LogP contribution in [0.4, 0.5) is 19.0 Å². The summed E-state index contributed by atoms with van der Waals surface area (Å²) in [6.45, 7) is 3.97. The fourth-order valence-corrected chi connectivity index (χ4v) is 4.44. The minimum atomic E-state index is -5.08. The molecule has 1 aromatic heterocycles. The molecule has 2 saturated heterocycles. The van der Waals surface area contributed by atoms with Gasteiger partial charge < -0.3 is 14.9 Å². The zero-order valence-corrected chi connectivity index (χ0v) is 16.0. The van der Waals surface area contributed by atoms with Crippen LogP contribution in [0, 0.1) is 17.8 Å². The van der Waals surface area contributed by atoms with Gasteiger partial charge in [0.05, 0.1) is 6.20 Å². The Balaban J connectivity index is 0.000000298. The first kappa shape index (κ1) is 21.3. The molecule has 0 aromatic carbocycles. The largest absolute Gasteiger partial charge is 0.490 e. The predicted molar refractivity (Wildman–Crippen MR) is 98.1 cm³/mol. The molecule has 160 valence electrons. The van der Waals surface area contributed by atoms with E-state index in [0.29, 0.717) is 23.7 Å².